The van der Waals surface area contributed by atoms with Crippen molar-refractivity contribution in [2.75, 3.05) is 14.2 Å². The summed E-state index contributed by atoms with van der Waals surface area (Å²) in [5.74, 6) is 2.15. The lowest BCUT2D eigenvalue weighted by Crippen LogP contribution is -2.32. The molecule has 0 amide bonds. The quantitative estimate of drug-likeness (QED) is 0.788. The molecule has 3 nitrogen and oxygen atoms in total. The molecule has 2 saturated carbocycles. The summed E-state index contributed by atoms with van der Waals surface area (Å²) in [5.41, 5.74) is 1.76. The molecule has 0 saturated heterocycles. The molecule has 0 heterocycles. The summed E-state index contributed by atoms with van der Waals surface area (Å²) in [7, 11) is 3.27. The van der Waals surface area contributed by atoms with Crippen LogP contribution in [0.5, 0.6) is 11.5 Å². The Labute approximate surface area is 132 Å². The normalized spacial score (nSPS) is 30.9. The Morgan fingerprint density at radius 2 is 1.68 bits per heavy atom. The molecule has 3 heteroatoms. The van der Waals surface area contributed by atoms with Gasteiger partial charge in [-0.25, -0.2) is 0 Å². The average Bonchev–Trinajstić information content (AvgIpc) is 2.81. The Hall–Kier alpha value is -1.77. The summed E-state index contributed by atoms with van der Waals surface area (Å²) in [5, 5.41) is 0. The van der Waals surface area contributed by atoms with Crippen LogP contribution in [-0.2, 0) is 4.79 Å². The Balaban J connectivity index is 2.05. The van der Waals surface area contributed by atoms with Crippen LogP contribution in [0.25, 0.3) is 6.08 Å². The van der Waals surface area contributed by atoms with E-state index in [0.29, 0.717) is 11.7 Å². The zero-order valence-electron chi connectivity index (χ0n) is 14.0. The molecular weight excluding hydrogens is 276 g/mol. The third-order valence-electron chi connectivity index (χ3n) is 6.06. The fourth-order valence-corrected chi connectivity index (χ4v) is 4.19. The van der Waals surface area contributed by atoms with Crippen LogP contribution < -0.4 is 9.47 Å². The number of rotatable bonds is 3. The highest BCUT2D eigenvalue weighted by Crippen LogP contribution is 2.65. The van der Waals surface area contributed by atoms with Gasteiger partial charge in [-0.05, 0) is 53.5 Å². The molecule has 2 aliphatic rings. The van der Waals surface area contributed by atoms with Gasteiger partial charge in [-0.15, -0.1) is 0 Å². The molecule has 1 aromatic carbocycles. The Kier molecular flexibility index (Phi) is 3.35. The molecule has 2 fully saturated rings. The number of hydrogen-bond acceptors (Lipinski definition) is 3. The zero-order chi connectivity index (χ0) is 16.1. The van der Waals surface area contributed by atoms with Crippen LogP contribution in [-0.4, -0.2) is 20.0 Å². The van der Waals surface area contributed by atoms with E-state index in [1.165, 1.54) is 0 Å². The predicted molar refractivity (Wildman–Crippen MR) is 87.1 cm³/mol. The lowest BCUT2D eigenvalue weighted by Gasteiger charge is -2.31. The van der Waals surface area contributed by atoms with E-state index in [1.54, 1.807) is 14.2 Å². The second-order valence-corrected chi connectivity index (χ2v) is 7.22. The summed E-state index contributed by atoms with van der Waals surface area (Å²) in [6, 6.07) is 5.74. The predicted octanol–water partition coefficient (Wildman–Crippen LogP) is 4.11. The van der Waals surface area contributed by atoms with E-state index in [1.807, 2.05) is 24.3 Å². The van der Waals surface area contributed by atoms with E-state index in [9.17, 15) is 4.79 Å². The molecule has 1 aromatic rings. The summed E-state index contributed by atoms with van der Waals surface area (Å²) >= 11 is 0. The van der Waals surface area contributed by atoms with Gasteiger partial charge in [-0.2, -0.15) is 0 Å². The first-order valence-electron chi connectivity index (χ1n) is 7.83. The molecule has 0 aliphatic heterocycles. The van der Waals surface area contributed by atoms with Crippen LogP contribution in [0.1, 0.15) is 39.2 Å². The topological polar surface area (TPSA) is 35.5 Å². The number of Topliss-reactive ketones (excluding diaryl/α,β-unsaturated/α-hetero) is 1. The van der Waals surface area contributed by atoms with Gasteiger partial charge < -0.3 is 9.47 Å². The number of allylic oxidation sites excluding steroid dienone is 1. The van der Waals surface area contributed by atoms with Gasteiger partial charge >= 0.3 is 0 Å². The Bertz CT molecular complexity index is 634. The maximum atomic E-state index is 12.9. The molecule has 3 rings (SSSR count). The SMILES string of the molecule is COc1cc(C=C2C(=O)C3(C)CCC2C3(C)C)cc(OC)c1. The standard InChI is InChI=1S/C19H24O3/c1-18(2)16-6-7-19(18,3)17(20)15(16)10-12-8-13(21-4)11-14(9-12)22-5/h8-11,16H,6-7H2,1-5H3. The highest BCUT2D eigenvalue weighted by molar-refractivity contribution is 6.08. The first-order chi connectivity index (χ1) is 10.3. The Morgan fingerprint density at radius 1 is 1.09 bits per heavy atom. The molecule has 0 N–H and O–H groups in total. The van der Waals surface area contributed by atoms with Gasteiger partial charge in [0.05, 0.1) is 14.2 Å². The number of methoxy groups -OCH3 is 2. The molecule has 0 radical (unpaired) electrons. The minimum Gasteiger partial charge on any atom is -0.497 e. The first kappa shape index (κ1) is 15.1. The molecular formula is C19H24O3. The number of carbonyl (C=O) groups is 1. The summed E-state index contributed by atoms with van der Waals surface area (Å²) in [6.07, 6.45) is 4.13. The van der Waals surface area contributed by atoms with Crippen molar-refractivity contribution in [3.05, 3.63) is 29.3 Å². The number of ether oxygens (including phenoxy) is 2. The van der Waals surface area contributed by atoms with Crippen molar-refractivity contribution in [2.45, 2.75) is 33.6 Å². The third kappa shape index (κ3) is 1.91. The smallest absolute Gasteiger partial charge is 0.165 e. The van der Waals surface area contributed by atoms with Gasteiger partial charge in [0, 0.05) is 11.5 Å². The number of benzene rings is 1. The lowest BCUT2D eigenvalue weighted by molar-refractivity contribution is -0.125. The van der Waals surface area contributed by atoms with Crippen LogP contribution in [0, 0.1) is 16.7 Å². The number of fused-ring (bicyclic) bond motifs is 2. The zero-order valence-corrected chi connectivity index (χ0v) is 14.0. The molecule has 0 aromatic heterocycles. The summed E-state index contributed by atoms with van der Waals surface area (Å²) in [6.45, 7) is 6.59. The first-order valence-corrected chi connectivity index (χ1v) is 7.83. The molecule has 2 atom stereocenters. The average molecular weight is 300 g/mol. The van der Waals surface area contributed by atoms with Crippen molar-refractivity contribution in [3.63, 3.8) is 0 Å². The van der Waals surface area contributed by atoms with E-state index >= 15 is 0 Å². The molecule has 0 spiro atoms. The van der Waals surface area contributed by atoms with Crippen LogP contribution in [0.15, 0.2) is 23.8 Å². The van der Waals surface area contributed by atoms with Crippen molar-refractivity contribution in [1.82, 2.24) is 0 Å². The van der Waals surface area contributed by atoms with Gasteiger partial charge in [0.1, 0.15) is 11.5 Å². The monoisotopic (exact) mass is 300 g/mol. The minimum atomic E-state index is -0.216. The van der Waals surface area contributed by atoms with Crippen molar-refractivity contribution in [2.24, 2.45) is 16.7 Å². The van der Waals surface area contributed by atoms with E-state index < -0.39 is 0 Å². The molecule has 118 valence electrons. The van der Waals surface area contributed by atoms with Crippen LogP contribution in [0.4, 0.5) is 0 Å². The highest BCUT2D eigenvalue weighted by atomic mass is 16.5. The third-order valence-corrected chi connectivity index (χ3v) is 6.06. The van der Waals surface area contributed by atoms with E-state index in [-0.39, 0.29) is 10.8 Å². The maximum Gasteiger partial charge on any atom is 0.165 e. The van der Waals surface area contributed by atoms with Crippen molar-refractivity contribution in [1.29, 1.82) is 0 Å². The second kappa shape index (κ2) is 4.87. The Morgan fingerprint density at radius 3 is 2.14 bits per heavy atom. The molecule has 22 heavy (non-hydrogen) atoms. The van der Waals surface area contributed by atoms with E-state index in [2.05, 4.69) is 20.8 Å². The van der Waals surface area contributed by atoms with Gasteiger partial charge in [0.15, 0.2) is 5.78 Å². The number of ketones is 1. The van der Waals surface area contributed by atoms with Gasteiger partial charge in [0.25, 0.3) is 0 Å². The molecule has 2 bridgehead atoms. The lowest BCUT2D eigenvalue weighted by atomic mass is 9.70. The second-order valence-electron chi connectivity index (χ2n) is 7.22. The van der Waals surface area contributed by atoms with Crippen molar-refractivity contribution in [3.8, 4) is 11.5 Å². The van der Waals surface area contributed by atoms with Crippen LogP contribution >= 0.6 is 0 Å². The fraction of sp³-hybridized carbons (Fsp3) is 0.526. The van der Waals surface area contributed by atoms with Gasteiger partial charge in [0.2, 0.25) is 0 Å². The van der Waals surface area contributed by atoms with Crippen molar-refractivity contribution >= 4 is 11.9 Å². The highest BCUT2D eigenvalue weighted by Gasteiger charge is 2.63. The largest absolute Gasteiger partial charge is 0.497 e. The summed E-state index contributed by atoms with van der Waals surface area (Å²) in [4.78, 5) is 12.9. The van der Waals surface area contributed by atoms with E-state index in [0.717, 1.165) is 35.5 Å². The summed E-state index contributed by atoms with van der Waals surface area (Å²) < 4.78 is 10.6. The maximum absolute atomic E-state index is 12.9. The van der Waals surface area contributed by atoms with Crippen molar-refractivity contribution < 1.29 is 14.3 Å². The fourth-order valence-electron chi connectivity index (χ4n) is 4.19. The molecule has 2 unspecified atom stereocenters. The minimum absolute atomic E-state index is 0.0405. The van der Waals surface area contributed by atoms with Crippen LogP contribution in [0.2, 0.25) is 0 Å². The van der Waals surface area contributed by atoms with Crippen LogP contribution in [0.3, 0.4) is 0 Å². The van der Waals surface area contributed by atoms with Gasteiger partial charge in [-0.3, -0.25) is 4.79 Å². The van der Waals surface area contributed by atoms with E-state index in [4.69, 9.17) is 9.47 Å². The number of carbonyl (C=O) groups excluding carboxylic acids is 1. The molecule has 2 aliphatic carbocycles. The van der Waals surface area contributed by atoms with Gasteiger partial charge in [-0.1, -0.05) is 20.8 Å². The number of hydrogen-bond donors (Lipinski definition) is 0.